The van der Waals surface area contributed by atoms with Crippen LogP contribution in [0.2, 0.25) is 0 Å². The van der Waals surface area contributed by atoms with Gasteiger partial charge in [0.1, 0.15) is 4.47 Å². The molecule has 0 aliphatic carbocycles. The molecule has 2 heterocycles. The molecule has 0 aliphatic heterocycles. The summed E-state index contributed by atoms with van der Waals surface area (Å²) in [6.07, 6.45) is 2.63. The van der Waals surface area contributed by atoms with Crippen molar-refractivity contribution in [3.05, 3.63) is 43.4 Å². The van der Waals surface area contributed by atoms with Crippen molar-refractivity contribution in [3.8, 4) is 0 Å². The second-order valence-corrected chi connectivity index (χ2v) is 6.87. The SMILES string of the molecule is CC(Cc1cccs1)Nc1cnn(C(C)C)c(=O)c1Br. The van der Waals surface area contributed by atoms with Gasteiger partial charge in [-0.3, -0.25) is 4.79 Å². The average molecular weight is 356 g/mol. The quantitative estimate of drug-likeness (QED) is 0.889. The molecule has 0 saturated heterocycles. The number of anilines is 1. The molecule has 20 heavy (non-hydrogen) atoms. The maximum absolute atomic E-state index is 12.1. The molecule has 2 aromatic rings. The van der Waals surface area contributed by atoms with Crippen molar-refractivity contribution in [1.29, 1.82) is 0 Å². The zero-order chi connectivity index (χ0) is 14.7. The van der Waals surface area contributed by atoms with Crippen molar-refractivity contribution >= 4 is 33.0 Å². The topological polar surface area (TPSA) is 46.9 Å². The summed E-state index contributed by atoms with van der Waals surface area (Å²) in [7, 11) is 0. The summed E-state index contributed by atoms with van der Waals surface area (Å²) in [5.74, 6) is 0. The van der Waals surface area contributed by atoms with Crippen LogP contribution in [0.4, 0.5) is 5.69 Å². The maximum atomic E-state index is 12.1. The van der Waals surface area contributed by atoms with Gasteiger partial charge in [-0.25, -0.2) is 4.68 Å². The van der Waals surface area contributed by atoms with Gasteiger partial charge in [0.2, 0.25) is 0 Å². The molecule has 0 radical (unpaired) electrons. The monoisotopic (exact) mass is 355 g/mol. The average Bonchev–Trinajstić information content (AvgIpc) is 2.87. The Kier molecular flexibility index (Phi) is 4.99. The highest BCUT2D eigenvalue weighted by molar-refractivity contribution is 9.10. The van der Waals surface area contributed by atoms with Crippen LogP contribution < -0.4 is 10.9 Å². The van der Waals surface area contributed by atoms with Crippen LogP contribution >= 0.6 is 27.3 Å². The van der Waals surface area contributed by atoms with Crippen molar-refractivity contribution < 1.29 is 0 Å². The third-order valence-corrected chi connectivity index (χ3v) is 4.59. The van der Waals surface area contributed by atoms with E-state index in [4.69, 9.17) is 0 Å². The highest BCUT2D eigenvalue weighted by Crippen LogP contribution is 2.20. The third kappa shape index (κ3) is 3.49. The van der Waals surface area contributed by atoms with Gasteiger partial charge in [0, 0.05) is 17.3 Å². The Balaban J connectivity index is 2.14. The van der Waals surface area contributed by atoms with Gasteiger partial charge in [-0.1, -0.05) is 6.07 Å². The molecule has 6 heteroatoms. The zero-order valence-corrected chi connectivity index (χ0v) is 14.2. The van der Waals surface area contributed by atoms with Gasteiger partial charge in [-0.2, -0.15) is 5.10 Å². The lowest BCUT2D eigenvalue weighted by Crippen LogP contribution is -2.27. The van der Waals surface area contributed by atoms with Crippen LogP contribution in [0.3, 0.4) is 0 Å². The third-order valence-electron chi connectivity index (χ3n) is 2.92. The Morgan fingerprint density at radius 2 is 2.20 bits per heavy atom. The Morgan fingerprint density at radius 1 is 1.45 bits per heavy atom. The molecule has 2 rings (SSSR count). The van der Waals surface area contributed by atoms with Gasteiger partial charge >= 0.3 is 0 Å². The van der Waals surface area contributed by atoms with Gasteiger partial charge in [-0.05, 0) is 48.1 Å². The lowest BCUT2D eigenvalue weighted by atomic mass is 10.2. The van der Waals surface area contributed by atoms with Crippen molar-refractivity contribution in [1.82, 2.24) is 9.78 Å². The molecule has 1 unspecified atom stereocenters. The van der Waals surface area contributed by atoms with Crippen LogP contribution in [0, 0.1) is 0 Å². The summed E-state index contributed by atoms with van der Waals surface area (Å²) in [5, 5.41) is 9.62. The highest BCUT2D eigenvalue weighted by Gasteiger charge is 2.13. The first-order chi connectivity index (χ1) is 9.49. The molecular weight excluding hydrogens is 338 g/mol. The summed E-state index contributed by atoms with van der Waals surface area (Å²) in [6.45, 7) is 5.97. The lowest BCUT2D eigenvalue weighted by Gasteiger charge is -2.16. The van der Waals surface area contributed by atoms with E-state index in [1.165, 1.54) is 9.56 Å². The normalized spacial score (nSPS) is 12.7. The van der Waals surface area contributed by atoms with Crippen molar-refractivity contribution in [3.63, 3.8) is 0 Å². The van der Waals surface area contributed by atoms with E-state index in [2.05, 4.69) is 44.7 Å². The van der Waals surface area contributed by atoms with Gasteiger partial charge in [0.25, 0.3) is 5.56 Å². The molecule has 0 aliphatic rings. The minimum Gasteiger partial charge on any atom is -0.380 e. The number of aromatic nitrogens is 2. The Labute approximate surface area is 131 Å². The molecule has 4 nitrogen and oxygen atoms in total. The number of hydrogen-bond donors (Lipinski definition) is 1. The number of thiophene rings is 1. The molecule has 0 bridgehead atoms. The predicted octanol–water partition coefficient (Wildman–Crippen LogP) is 3.69. The second kappa shape index (κ2) is 6.54. The minimum atomic E-state index is -0.103. The largest absolute Gasteiger partial charge is 0.380 e. The molecule has 2 aromatic heterocycles. The number of halogens is 1. The van der Waals surface area contributed by atoms with E-state index in [1.807, 2.05) is 19.9 Å². The second-order valence-electron chi connectivity index (χ2n) is 5.04. The molecule has 108 valence electrons. The van der Waals surface area contributed by atoms with Gasteiger partial charge < -0.3 is 5.32 Å². The molecule has 0 spiro atoms. The van der Waals surface area contributed by atoms with E-state index >= 15 is 0 Å². The van der Waals surface area contributed by atoms with Crippen LogP contribution in [-0.4, -0.2) is 15.8 Å². The van der Waals surface area contributed by atoms with E-state index in [1.54, 1.807) is 17.5 Å². The summed E-state index contributed by atoms with van der Waals surface area (Å²) in [4.78, 5) is 13.5. The fourth-order valence-electron chi connectivity index (χ4n) is 1.96. The van der Waals surface area contributed by atoms with Gasteiger partial charge in [-0.15, -0.1) is 11.3 Å². The first kappa shape index (κ1) is 15.3. The maximum Gasteiger partial charge on any atom is 0.283 e. The number of hydrogen-bond acceptors (Lipinski definition) is 4. The Morgan fingerprint density at radius 3 is 2.80 bits per heavy atom. The Hall–Kier alpha value is -1.14. The summed E-state index contributed by atoms with van der Waals surface area (Å²) >= 11 is 5.11. The fraction of sp³-hybridized carbons (Fsp3) is 0.429. The molecular formula is C14H18BrN3OS. The smallest absolute Gasteiger partial charge is 0.283 e. The molecule has 0 amide bonds. The lowest BCUT2D eigenvalue weighted by molar-refractivity contribution is 0.501. The first-order valence-electron chi connectivity index (χ1n) is 6.55. The van der Waals surface area contributed by atoms with Crippen LogP contribution in [0.25, 0.3) is 0 Å². The van der Waals surface area contributed by atoms with E-state index in [-0.39, 0.29) is 17.6 Å². The van der Waals surface area contributed by atoms with Crippen molar-refractivity contribution in [2.75, 3.05) is 5.32 Å². The Bertz CT molecular complexity index is 622. The number of nitrogens with one attached hydrogen (secondary N) is 1. The van der Waals surface area contributed by atoms with E-state index in [9.17, 15) is 4.79 Å². The first-order valence-corrected chi connectivity index (χ1v) is 8.22. The van der Waals surface area contributed by atoms with Crippen LogP contribution in [0.1, 0.15) is 31.7 Å². The summed E-state index contributed by atoms with van der Waals surface area (Å²) < 4.78 is 2.01. The predicted molar refractivity (Wildman–Crippen MR) is 87.7 cm³/mol. The molecule has 0 saturated carbocycles. The molecule has 0 fully saturated rings. The van der Waals surface area contributed by atoms with Crippen LogP contribution in [0.5, 0.6) is 0 Å². The fourth-order valence-corrected chi connectivity index (χ4v) is 3.19. The van der Waals surface area contributed by atoms with Gasteiger partial charge in [0.15, 0.2) is 0 Å². The minimum absolute atomic E-state index is 0.0522. The van der Waals surface area contributed by atoms with E-state index < -0.39 is 0 Å². The van der Waals surface area contributed by atoms with Crippen molar-refractivity contribution in [2.45, 2.75) is 39.3 Å². The van der Waals surface area contributed by atoms with E-state index in [0.717, 1.165) is 12.1 Å². The summed E-state index contributed by atoms with van der Waals surface area (Å²) in [6, 6.07) is 4.46. The van der Waals surface area contributed by atoms with Crippen LogP contribution in [0.15, 0.2) is 33.0 Å². The van der Waals surface area contributed by atoms with E-state index in [0.29, 0.717) is 4.47 Å². The highest BCUT2D eigenvalue weighted by atomic mass is 79.9. The van der Waals surface area contributed by atoms with Crippen molar-refractivity contribution in [2.24, 2.45) is 0 Å². The number of nitrogens with zero attached hydrogens (tertiary/aromatic N) is 2. The number of rotatable bonds is 5. The zero-order valence-electron chi connectivity index (χ0n) is 11.8. The molecule has 1 N–H and O–H groups in total. The van der Waals surface area contributed by atoms with Crippen LogP contribution in [-0.2, 0) is 6.42 Å². The molecule has 1 atom stereocenters. The summed E-state index contributed by atoms with van der Waals surface area (Å²) in [5.41, 5.74) is 0.643. The van der Waals surface area contributed by atoms with Gasteiger partial charge in [0.05, 0.1) is 17.9 Å². The standard InChI is InChI=1S/C14H18BrN3OS/c1-9(2)18-14(19)13(15)12(8-16-18)17-10(3)7-11-5-4-6-20-11/h4-6,8-10,17H,7H2,1-3H3. The molecule has 0 aromatic carbocycles.